The first-order chi connectivity index (χ1) is 16.1. The predicted molar refractivity (Wildman–Crippen MR) is 134 cm³/mol. The van der Waals surface area contributed by atoms with E-state index in [9.17, 15) is 10.1 Å². The Morgan fingerprint density at radius 2 is 1.58 bits per heavy atom. The number of benzene rings is 4. The molecule has 33 heavy (non-hydrogen) atoms. The number of nitrogens with zero attached hydrogens (tertiary/aromatic N) is 3. The van der Waals surface area contributed by atoms with E-state index in [0.717, 1.165) is 27.6 Å². The van der Waals surface area contributed by atoms with Gasteiger partial charge in [-0.25, -0.2) is 4.99 Å². The third-order valence-electron chi connectivity index (χ3n) is 5.77. The molecule has 0 saturated heterocycles. The Labute approximate surface area is 195 Å². The summed E-state index contributed by atoms with van der Waals surface area (Å²) in [6, 6.07) is 31.4. The molecule has 1 unspecified atom stereocenters. The summed E-state index contributed by atoms with van der Waals surface area (Å²) in [6.45, 7) is 2.13. The molecule has 5 rings (SSSR count). The molecule has 1 aromatic heterocycles. The van der Waals surface area contributed by atoms with Gasteiger partial charge in [0.25, 0.3) is 5.69 Å². The van der Waals surface area contributed by atoms with E-state index in [4.69, 9.17) is 4.99 Å². The number of nitro groups is 1. The van der Waals surface area contributed by atoms with Gasteiger partial charge in [-0.15, -0.1) is 11.3 Å². The van der Waals surface area contributed by atoms with Gasteiger partial charge in [0.1, 0.15) is 5.69 Å². The summed E-state index contributed by atoms with van der Waals surface area (Å²) >= 11 is 1.49. The first-order valence-electron chi connectivity index (χ1n) is 10.6. The molecule has 0 fully saturated rings. The number of nitro benzene ring substituents is 1. The summed E-state index contributed by atoms with van der Waals surface area (Å²) in [5.74, 6) is 0. The monoisotopic (exact) mass is 451 g/mol. The van der Waals surface area contributed by atoms with Gasteiger partial charge in [-0.2, -0.15) is 0 Å². The SMILES string of the molecule is CC(c1ccccc1)n1c(-c2cccc3ccccc23)csc1=Nc1ccccc1[N+](=O)[O-]. The highest BCUT2D eigenvalue weighted by molar-refractivity contribution is 7.07. The Balaban J connectivity index is 1.79. The van der Waals surface area contributed by atoms with Gasteiger partial charge in [-0.05, 0) is 29.3 Å². The summed E-state index contributed by atoms with van der Waals surface area (Å²) in [6.07, 6.45) is 0. The Bertz CT molecular complexity index is 1510. The van der Waals surface area contributed by atoms with Gasteiger partial charge in [-0.1, -0.05) is 84.9 Å². The minimum absolute atomic E-state index is 0.00322. The molecule has 5 aromatic rings. The molecular formula is C27H21N3O2S. The zero-order valence-corrected chi connectivity index (χ0v) is 18.8. The van der Waals surface area contributed by atoms with Crippen molar-refractivity contribution in [2.75, 3.05) is 0 Å². The second kappa shape index (κ2) is 8.84. The van der Waals surface area contributed by atoms with Crippen molar-refractivity contribution in [3.8, 4) is 11.3 Å². The van der Waals surface area contributed by atoms with Crippen molar-refractivity contribution in [3.05, 3.63) is 123 Å². The second-order valence-electron chi connectivity index (χ2n) is 7.74. The molecule has 5 nitrogen and oxygen atoms in total. The Hall–Kier alpha value is -4.03. The molecule has 1 heterocycles. The van der Waals surface area contributed by atoms with E-state index in [1.807, 2.05) is 30.3 Å². The highest BCUT2D eigenvalue weighted by atomic mass is 32.1. The van der Waals surface area contributed by atoms with E-state index in [-0.39, 0.29) is 16.7 Å². The van der Waals surface area contributed by atoms with Crippen LogP contribution >= 0.6 is 11.3 Å². The summed E-state index contributed by atoms with van der Waals surface area (Å²) in [5, 5.41) is 16.0. The number of hydrogen-bond donors (Lipinski definition) is 0. The topological polar surface area (TPSA) is 60.4 Å². The zero-order chi connectivity index (χ0) is 22.8. The molecule has 0 aliphatic carbocycles. The fourth-order valence-corrected chi connectivity index (χ4v) is 5.10. The highest BCUT2D eigenvalue weighted by Gasteiger charge is 2.18. The fourth-order valence-electron chi connectivity index (χ4n) is 4.12. The van der Waals surface area contributed by atoms with Crippen LogP contribution in [0.25, 0.3) is 22.0 Å². The van der Waals surface area contributed by atoms with E-state index in [0.29, 0.717) is 10.5 Å². The number of rotatable bonds is 5. The molecule has 4 aromatic carbocycles. The molecule has 0 saturated carbocycles. The lowest BCUT2D eigenvalue weighted by Crippen LogP contribution is -2.20. The third-order valence-corrected chi connectivity index (χ3v) is 6.61. The molecule has 0 amide bonds. The zero-order valence-electron chi connectivity index (χ0n) is 18.0. The van der Waals surface area contributed by atoms with Crippen LogP contribution < -0.4 is 4.80 Å². The van der Waals surface area contributed by atoms with Gasteiger partial charge in [-0.3, -0.25) is 10.1 Å². The van der Waals surface area contributed by atoms with Crippen molar-refractivity contribution in [2.24, 2.45) is 4.99 Å². The molecule has 0 aliphatic rings. The first-order valence-corrected chi connectivity index (χ1v) is 11.5. The average molecular weight is 452 g/mol. The quantitative estimate of drug-likeness (QED) is 0.211. The molecule has 6 heteroatoms. The Morgan fingerprint density at radius 1 is 0.879 bits per heavy atom. The lowest BCUT2D eigenvalue weighted by molar-refractivity contribution is -0.384. The number of thiazole rings is 1. The molecular weight excluding hydrogens is 430 g/mol. The van der Waals surface area contributed by atoms with Crippen LogP contribution in [0, 0.1) is 10.1 Å². The van der Waals surface area contributed by atoms with Crippen molar-refractivity contribution in [3.63, 3.8) is 0 Å². The van der Waals surface area contributed by atoms with Crippen molar-refractivity contribution < 1.29 is 4.92 Å². The molecule has 1 atom stereocenters. The highest BCUT2D eigenvalue weighted by Crippen LogP contribution is 2.33. The molecule has 0 aliphatic heterocycles. The largest absolute Gasteiger partial charge is 0.309 e. The van der Waals surface area contributed by atoms with Gasteiger partial charge in [0.15, 0.2) is 4.80 Å². The number of para-hydroxylation sites is 2. The maximum Gasteiger partial charge on any atom is 0.294 e. The Morgan fingerprint density at radius 3 is 2.39 bits per heavy atom. The van der Waals surface area contributed by atoms with Crippen molar-refractivity contribution in [2.45, 2.75) is 13.0 Å². The number of fused-ring (bicyclic) bond motifs is 1. The van der Waals surface area contributed by atoms with Crippen molar-refractivity contribution in [1.29, 1.82) is 0 Å². The van der Waals surface area contributed by atoms with Crippen LogP contribution in [0.1, 0.15) is 18.5 Å². The van der Waals surface area contributed by atoms with Gasteiger partial charge in [0.05, 0.1) is 16.7 Å². The maximum atomic E-state index is 11.6. The van der Waals surface area contributed by atoms with Gasteiger partial charge in [0, 0.05) is 17.0 Å². The van der Waals surface area contributed by atoms with Crippen molar-refractivity contribution in [1.82, 2.24) is 4.57 Å². The fraction of sp³-hybridized carbons (Fsp3) is 0.0741. The smallest absolute Gasteiger partial charge is 0.294 e. The van der Waals surface area contributed by atoms with E-state index in [2.05, 4.69) is 59.3 Å². The van der Waals surface area contributed by atoms with Crippen LogP contribution in [-0.4, -0.2) is 9.49 Å². The third kappa shape index (κ3) is 3.97. The van der Waals surface area contributed by atoms with E-state index in [1.54, 1.807) is 18.2 Å². The Kier molecular flexibility index (Phi) is 5.59. The van der Waals surface area contributed by atoms with Crippen LogP contribution in [0.15, 0.2) is 107 Å². The van der Waals surface area contributed by atoms with Crippen LogP contribution in [0.5, 0.6) is 0 Å². The van der Waals surface area contributed by atoms with E-state index < -0.39 is 0 Å². The minimum Gasteiger partial charge on any atom is -0.309 e. The number of aromatic nitrogens is 1. The van der Waals surface area contributed by atoms with Crippen LogP contribution in [0.3, 0.4) is 0 Å². The van der Waals surface area contributed by atoms with Crippen molar-refractivity contribution >= 4 is 33.5 Å². The summed E-state index contributed by atoms with van der Waals surface area (Å²) in [5.41, 5.74) is 3.63. The standard InChI is InChI=1S/C27H21N3O2S/c1-19(20-10-3-2-4-11-20)29-26(23-15-9-13-21-12-5-6-14-22(21)23)18-33-27(29)28-24-16-7-8-17-25(24)30(31)32/h2-19H,1H3. The molecule has 0 bridgehead atoms. The lowest BCUT2D eigenvalue weighted by atomic mass is 10.0. The maximum absolute atomic E-state index is 11.6. The van der Waals surface area contributed by atoms with Gasteiger partial charge < -0.3 is 4.57 Å². The van der Waals surface area contributed by atoms with Crippen LogP contribution in [-0.2, 0) is 0 Å². The molecule has 0 radical (unpaired) electrons. The first kappa shape index (κ1) is 20.8. The van der Waals surface area contributed by atoms with Gasteiger partial charge >= 0.3 is 0 Å². The van der Waals surface area contributed by atoms with Crippen LogP contribution in [0.2, 0.25) is 0 Å². The molecule has 0 N–H and O–H groups in total. The van der Waals surface area contributed by atoms with Gasteiger partial charge in [0.2, 0.25) is 0 Å². The molecule has 0 spiro atoms. The van der Waals surface area contributed by atoms with E-state index in [1.165, 1.54) is 17.4 Å². The summed E-state index contributed by atoms with van der Waals surface area (Å²) in [7, 11) is 0. The average Bonchev–Trinajstić information content (AvgIpc) is 3.27. The minimum atomic E-state index is -0.386. The van der Waals surface area contributed by atoms with Crippen LogP contribution in [0.4, 0.5) is 11.4 Å². The predicted octanol–water partition coefficient (Wildman–Crippen LogP) is 7.12. The summed E-state index contributed by atoms with van der Waals surface area (Å²) in [4.78, 5) is 16.7. The second-order valence-corrected chi connectivity index (χ2v) is 8.58. The lowest BCUT2D eigenvalue weighted by Gasteiger charge is -2.19. The molecule has 162 valence electrons. The van der Waals surface area contributed by atoms with E-state index >= 15 is 0 Å². The summed E-state index contributed by atoms with van der Waals surface area (Å²) < 4.78 is 2.18. The number of hydrogen-bond acceptors (Lipinski definition) is 4. The normalized spacial score (nSPS) is 12.7.